The zero-order chi connectivity index (χ0) is 21.0. The molecule has 0 amide bonds. The van der Waals surface area contributed by atoms with E-state index in [9.17, 15) is 0 Å². The number of aromatic nitrogens is 2. The Kier molecular flexibility index (Phi) is 9.18. The third kappa shape index (κ3) is 7.15. The molecule has 1 saturated heterocycles. The number of anilines is 1. The number of benzene rings is 1. The second kappa shape index (κ2) is 12.3. The van der Waals surface area contributed by atoms with Crippen LogP contribution in [0.5, 0.6) is 0 Å². The van der Waals surface area contributed by atoms with Crippen LogP contribution in [0.4, 0.5) is 5.95 Å². The zero-order valence-electron chi connectivity index (χ0n) is 17.7. The lowest BCUT2D eigenvalue weighted by atomic mass is 10.1. The molecule has 1 aliphatic rings. The van der Waals surface area contributed by atoms with Crippen molar-refractivity contribution in [1.82, 2.24) is 25.5 Å². The van der Waals surface area contributed by atoms with Gasteiger partial charge in [-0.15, -0.1) is 0 Å². The average molecular weight is 430 g/mol. The highest BCUT2D eigenvalue weighted by Gasteiger charge is 2.18. The van der Waals surface area contributed by atoms with Crippen molar-refractivity contribution in [2.45, 2.75) is 19.8 Å². The molecule has 1 fully saturated rings. The summed E-state index contributed by atoms with van der Waals surface area (Å²) in [6.07, 6.45) is 5.52. The molecule has 0 unspecified atom stereocenters. The summed E-state index contributed by atoms with van der Waals surface area (Å²) in [5.74, 6) is 1.70. The first kappa shape index (κ1) is 22.3. The van der Waals surface area contributed by atoms with E-state index in [1.54, 1.807) is 12.4 Å². The topological polar surface area (TPSA) is 68.7 Å². The van der Waals surface area contributed by atoms with Crippen LogP contribution in [-0.4, -0.2) is 73.2 Å². The third-order valence-corrected chi connectivity index (χ3v) is 5.47. The van der Waals surface area contributed by atoms with Crippen molar-refractivity contribution in [3.63, 3.8) is 0 Å². The van der Waals surface area contributed by atoms with Gasteiger partial charge in [0.2, 0.25) is 5.95 Å². The summed E-state index contributed by atoms with van der Waals surface area (Å²) >= 11 is 6.23. The van der Waals surface area contributed by atoms with E-state index in [2.05, 4.69) is 43.4 Å². The van der Waals surface area contributed by atoms with Gasteiger partial charge in [0.15, 0.2) is 5.96 Å². The molecule has 1 aromatic carbocycles. The van der Waals surface area contributed by atoms with Crippen LogP contribution in [0.3, 0.4) is 0 Å². The molecule has 0 spiro atoms. The minimum atomic E-state index is 0.805. The highest BCUT2D eigenvalue weighted by molar-refractivity contribution is 6.31. The largest absolute Gasteiger partial charge is 0.357 e. The maximum atomic E-state index is 6.23. The number of nitrogens with one attached hydrogen (secondary N) is 2. The van der Waals surface area contributed by atoms with E-state index in [4.69, 9.17) is 16.6 Å². The second-order valence-electron chi connectivity index (χ2n) is 7.26. The van der Waals surface area contributed by atoms with Crippen molar-refractivity contribution in [3.05, 3.63) is 53.3 Å². The maximum absolute atomic E-state index is 6.23. The SMILES string of the molecule is CCNC(=NCCCN1CCN(c2ncccn2)CC1)NCCc1ccccc1Cl. The average Bonchev–Trinajstić information content (AvgIpc) is 2.79. The van der Waals surface area contributed by atoms with Gasteiger partial charge in [0.25, 0.3) is 0 Å². The van der Waals surface area contributed by atoms with Gasteiger partial charge < -0.3 is 15.5 Å². The van der Waals surface area contributed by atoms with Crippen molar-refractivity contribution in [2.24, 2.45) is 4.99 Å². The molecular weight excluding hydrogens is 398 g/mol. The van der Waals surface area contributed by atoms with Crippen molar-refractivity contribution in [2.75, 3.05) is 57.3 Å². The van der Waals surface area contributed by atoms with Crippen LogP contribution >= 0.6 is 11.6 Å². The standard InChI is InChI=1S/C22H32ClN7/c1-2-24-21(26-13-9-19-7-3-4-8-20(19)23)25-12-6-14-29-15-17-30(18-16-29)22-27-10-5-11-28-22/h3-5,7-8,10-11H,2,6,9,12-18H2,1H3,(H2,24,25,26). The second-order valence-corrected chi connectivity index (χ2v) is 7.67. The summed E-state index contributed by atoms with van der Waals surface area (Å²) in [7, 11) is 0. The number of hydrogen-bond acceptors (Lipinski definition) is 5. The fourth-order valence-electron chi connectivity index (χ4n) is 3.47. The zero-order valence-corrected chi connectivity index (χ0v) is 18.5. The number of aliphatic imine (C=N–C) groups is 1. The highest BCUT2D eigenvalue weighted by Crippen LogP contribution is 2.14. The van der Waals surface area contributed by atoms with Gasteiger partial charge >= 0.3 is 0 Å². The van der Waals surface area contributed by atoms with E-state index in [0.717, 1.165) is 87.7 Å². The molecule has 0 atom stereocenters. The Morgan fingerprint density at radius 2 is 1.83 bits per heavy atom. The molecular formula is C22H32ClN7. The van der Waals surface area contributed by atoms with Crippen molar-refractivity contribution in [3.8, 4) is 0 Å². The van der Waals surface area contributed by atoms with Crippen LogP contribution in [0.25, 0.3) is 0 Å². The molecule has 2 N–H and O–H groups in total. The lowest BCUT2D eigenvalue weighted by Gasteiger charge is -2.34. The Morgan fingerprint density at radius 1 is 1.07 bits per heavy atom. The molecule has 2 heterocycles. The van der Waals surface area contributed by atoms with Gasteiger partial charge in [-0.2, -0.15) is 0 Å². The molecule has 7 nitrogen and oxygen atoms in total. The number of guanidine groups is 1. The fourth-order valence-corrected chi connectivity index (χ4v) is 3.70. The van der Waals surface area contributed by atoms with E-state index >= 15 is 0 Å². The molecule has 0 radical (unpaired) electrons. The fraction of sp³-hybridized carbons (Fsp3) is 0.500. The molecule has 1 aromatic heterocycles. The van der Waals surface area contributed by atoms with Crippen molar-refractivity contribution < 1.29 is 0 Å². The minimum absolute atomic E-state index is 0.805. The van der Waals surface area contributed by atoms with Crippen LogP contribution in [0, 0.1) is 0 Å². The normalized spacial score (nSPS) is 15.3. The Balaban J connectivity index is 1.35. The predicted molar refractivity (Wildman–Crippen MR) is 124 cm³/mol. The Morgan fingerprint density at radius 3 is 2.57 bits per heavy atom. The van der Waals surface area contributed by atoms with Crippen LogP contribution < -0.4 is 15.5 Å². The van der Waals surface area contributed by atoms with Crippen molar-refractivity contribution in [1.29, 1.82) is 0 Å². The van der Waals surface area contributed by atoms with Gasteiger partial charge in [-0.1, -0.05) is 29.8 Å². The minimum Gasteiger partial charge on any atom is -0.357 e. The number of hydrogen-bond donors (Lipinski definition) is 2. The smallest absolute Gasteiger partial charge is 0.225 e. The summed E-state index contributed by atoms with van der Waals surface area (Å²) in [5.41, 5.74) is 1.16. The first-order valence-corrected chi connectivity index (χ1v) is 11.1. The summed E-state index contributed by atoms with van der Waals surface area (Å²) in [5, 5.41) is 7.54. The van der Waals surface area contributed by atoms with E-state index < -0.39 is 0 Å². The number of nitrogens with zero attached hydrogens (tertiary/aromatic N) is 5. The first-order valence-electron chi connectivity index (χ1n) is 10.8. The van der Waals surface area contributed by atoms with Crippen LogP contribution in [0.2, 0.25) is 5.02 Å². The van der Waals surface area contributed by atoms with Crippen LogP contribution in [-0.2, 0) is 6.42 Å². The van der Waals surface area contributed by atoms with Gasteiger partial charge in [-0.3, -0.25) is 9.89 Å². The van der Waals surface area contributed by atoms with Crippen LogP contribution in [0.15, 0.2) is 47.7 Å². The number of halogens is 1. The summed E-state index contributed by atoms with van der Waals surface area (Å²) in [6.45, 7) is 9.63. The van der Waals surface area contributed by atoms with Crippen molar-refractivity contribution >= 4 is 23.5 Å². The van der Waals surface area contributed by atoms with Gasteiger partial charge in [-0.25, -0.2) is 9.97 Å². The monoisotopic (exact) mass is 429 g/mol. The predicted octanol–water partition coefficient (Wildman–Crippen LogP) is 2.44. The molecule has 1 aliphatic heterocycles. The number of piperazine rings is 1. The maximum Gasteiger partial charge on any atom is 0.225 e. The molecule has 8 heteroatoms. The lowest BCUT2D eigenvalue weighted by molar-refractivity contribution is 0.255. The molecule has 0 bridgehead atoms. The summed E-state index contributed by atoms with van der Waals surface area (Å²) in [4.78, 5) is 18.2. The summed E-state index contributed by atoms with van der Waals surface area (Å²) in [6, 6.07) is 9.83. The van der Waals surface area contributed by atoms with Gasteiger partial charge in [0.1, 0.15) is 0 Å². The van der Waals surface area contributed by atoms with E-state index in [0.29, 0.717) is 0 Å². The molecule has 30 heavy (non-hydrogen) atoms. The quantitative estimate of drug-likeness (QED) is 0.362. The highest BCUT2D eigenvalue weighted by atomic mass is 35.5. The van der Waals surface area contributed by atoms with Gasteiger partial charge in [-0.05, 0) is 37.5 Å². The van der Waals surface area contributed by atoms with Crippen LogP contribution in [0.1, 0.15) is 18.9 Å². The first-order chi connectivity index (χ1) is 14.8. The Hall–Kier alpha value is -2.38. The van der Waals surface area contributed by atoms with Gasteiger partial charge in [0.05, 0.1) is 0 Å². The van der Waals surface area contributed by atoms with Gasteiger partial charge in [0, 0.05) is 69.8 Å². The third-order valence-electron chi connectivity index (χ3n) is 5.10. The molecule has 162 valence electrons. The molecule has 0 saturated carbocycles. The molecule has 2 aromatic rings. The summed E-state index contributed by atoms with van der Waals surface area (Å²) < 4.78 is 0. The number of rotatable bonds is 9. The Bertz CT molecular complexity index is 776. The lowest BCUT2D eigenvalue weighted by Crippen LogP contribution is -2.47. The van der Waals surface area contributed by atoms with E-state index in [1.165, 1.54) is 0 Å². The van der Waals surface area contributed by atoms with E-state index in [-0.39, 0.29) is 0 Å². The molecule has 0 aliphatic carbocycles. The Labute approximate surface area is 184 Å². The molecule has 3 rings (SSSR count). The van der Waals surface area contributed by atoms with E-state index in [1.807, 2.05) is 24.3 Å².